The molecule has 2 aromatic rings. The minimum Gasteiger partial charge on any atom is -0.493 e. The van der Waals surface area contributed by atoms with Crippen LogP contribution in [0.25, 0.3) is 0 Å². The van der Waals surface area contributed by atoms with Crippen molar-refractivity contribution in [2.75, 3.05) is 34.4 Å². The Balaban J connectivity index is 1.54. The van der Waals surface area contributed by atoms with E-state index in [0.29, 0.717) is 11.5 Å². The van der Waals surface area contributed by atoms with Crippen LogP contribution in [0.4, 0.5) is 0 Å². The highest BCUT2D eigenvalue weighted by Gasteiger charge is 2.50. The monoisotopic (exact) mass is 472 g/mol. The van der Waals surface area contributed by atoms with Crippen LogP contribution in [-0.4, -0.2) is 51.2 Å². The summed E-state index contributed by atoms with van der Waals surface area (Å²) in [6.45, 7) is 2.07. The van der Waals surface area contributed by atoms with Gasteiger partial charge in [0.25, 0.3) is 5.91 Å². The maximum absolute atomic E-state index is 12.8. The molecule has 1 N–H and O–H groups in total. The Labute approximate surface area is 186 Å². The van der Waals surface area contributed by atoms with Crippen molar-refractivity contribution in [3.8, 4) is 11.5 Å². The first kappa shape index (κ1) is 21.2. The molecule has 0 bridgehead atoms. The van der Waals surface area contributed by atoms with Crippen molar-refractivity contribution in [2.24, 2.45) is 5.92 Å². The number of hydrogen-bond acceptors (Lipinski definition) is 4. The lowest BCUT2D eigenvalue weighted by atomic mass is 9.63. The van der Waals surface area contributed by atoms with E-state index in [-0.39, 0.29) is 17.4 Å². The number of carbonyl (C=O) groups excluding carboxylic acids is 1. The highest BCUT2D eigenvalue weighted by Crippen LogP contribution is 2.49. The predicted octanol–water partition coefficient (Wildman–Crippen LogP) is 4.25. The number of ether oxygens (including phenoxy) is 2. The number of halogens is 1. The number of benzene rings is 2. The Morgan fingerprint density at radius 2 is 1.97 bits per heavy atom. The van der Waals surface area contributed by atoms with Gasteiger partial charge in [0.2, 0.25) is 0 Å². The fraction of sp³-hybridized carbons (Fsp3) is 0.458. The second kappa shape index (κ2) is 8.60. The van der Waals surface area contributed by atoms with Crippen LogP contribution in [0.15, 0.2) is 46.9 Å². The van der Waals surface area contributed by atoms with Crippen molar-refractivity contribution in [3.05, 3.63) is 58.1 Å². The van der Waals surface area contributed by atoms with Crippen molar-refractivity contribution in [3.63, 3.8) is 0 Å². The molecule has 2 aromatic carbocycles. The summed E-state index contributed by atoms with van der Waals surface area (Å²) in [5.41, 5.74) is 2.10. The van der Waals surface area contributed by atoms with Gasteiger partial charge in [0.15, 0.2) is 11.5 Å². The number of amides is 1. The molecule has 3 unspecified atom stereocenters. The zero-order valence-electron chi connectivity index (χ0n) is 17.8. The first-order valence-electron chi connectivity index (χ1n) is 10.4. The lowest BCUT2D eigenvalue weighted by Crippen LogP contribution is -2.47. The van der Waals surface area contributed by atoms with Crippen LogP contribution >= 0.6 is 15.9 Å². The Hall–Kier alpha value is -2.05. The lowest BCUT2D eigenvalue weighted by Gasteiger charge is -2.43. The lowest BCUT2D eigenvalue weighted by molar-refractivity contribution is 0.0904. The Bertz CT molecular complexity index is 934. The van der Waals surface area contributed by atoms with E-state index in [9.17, 15) is 4.79 Å². The standard InChI is InChI=1S/C24H29BrN2O3/c1-27-14-18-12-20(26-23(28)16-5-4-6-19(25)11-16)9-10-24(18,15-27)17-7-8-21(29-2)22(13-17)30-3/h4-8,11,13,18,20H,9-10,12,14-15H2,1-3H3,(H,26,28). The van der Waals surface area contributed by atoms with E-state index in [1.807, 2.05) is 30.3 Å². The molecule has 1 amide bonds. The van der Waals surface area contributed by atoms with Gasteiger partial charge in [-0.1, -0.05) is 28.1 Å². The van der Waals surface area contributed by atoms with Crippen LogP contribution in [0.2, 0.25) is 0 Å². The molecular weight excluding hydrogens is 444 g/mol. The summed E-state index contributed by atoms with van der Waals surface area (Å²) in [6.07, 6.45) is 3.00. The highest BCUT2D eigenvalue weighted by atomic mass is 79.9. The number of rotatable bonds is 5. The summed E-state index contributed by atoms with van der Waals surface area (Å²) in [4.78, 5) is 15.2. The Morgan fingerprint density at radius 1 is 1.17 bits per heavy atom. The number of likely N-dealkylation sites (tertiary alicyclic amines) is 1. The van der Waals surface area contributed by atoms with Gasteiger partial charge in [-0.25, -0.2) is 0 Å². The molecule has 0 aromatic heterocycles. The topological polar surface area (TPSA) is 50.8 Å². The fourth-order valence-corrected chi connectivity index (χ4v) is 5.75. The third-order valence-electron chi connectivity index (χ3n) is 6.75. The number of nitrogens with one attached hydrogen (secondary N) is 1. The van der Waals surface area contributed by atoms with E-state index < -0.39 is 0 Å². The van der Waals surface area contributed by atoms with Gasteiger partial charge in [-0.2, -0.15) is 0 Å². The average molecular weight is 473 g/mol. The van der Waals surface area contributed by atoms with Crippen LogP contribution in [0.1, 0.15) is 35.2 Å². The van der Waals surface area contributed by atoms with Gasteiger partial charge in [-0.05, 0) is 68.1 Å². The van der Waals surface area contributed by atoms with Crippen LogP contribution in [0.3, 0.4) is 0 Å². The smallest absolute Gasteiger partial charge is 0.251 e. The zero-order chi connectivity index (χ0) is 21.3. The normalized spacial score (nSPS) is 26.1. The molecule has 0 radical (unpaired) electrons. The van der Waals surface area contributed by atoms with Crippen LogP contribution in [-0.2, 0) is 5.41 Å². The van der Waals surface area contributed by atoms with Gasteiger partial charge in [-0.15, -0.1) is 0 Å². The maximum atomic E-state index is 12.8. The highest BCUT2D eigenvalue weighted by molar-refractivity contribution is 9.10. The second-order valence-electron chi connectivity index (χ2n) is 8.57. The number of hydrogen-bond donors (Lipinski definition) is 1. The number of nitrogens with zero attached hydrogens (tertiary/aromatic N) is 1. The second-order valence-corrected chi connectivity index (χ2v) is 9.49. The molecule has 2 aliphatic rings. The van der Waals surface area contributed by atoms with Crippen molar-refractivity contribution in [1.29, 1.82) is 0 Å². The zero-order valence-corrected chi connectivity index (χ0v) is 19.4. The summed E-state index contributed by atoms with van der Waals surface area (Å²) < 4.78 is 11.9. The number of likely N-dealkylation sites (N-methyl/N-ethyl adjacent to an activating group) is 1. The molecule has 1 aliphatic carbocycles. The Kier molecular flexibility index (Phi) is 6.07. The minimum absolute atomic E-state index is 0.00580. The van der Waals surface area contributed by atoms with E-state index in [2.05, 4.69) is 45.3 Å². The van der Waals surface area contributed by atoms with E-state index in [1.54, 1.807) is 14.2 Å². The number of carbonyl (C=O) groups is 1. The van der Waals surface area contributed by atoms with Gasteiger partial charge in [0.1, 0.15) is 0 Å². The van der Waals surface area contributed by atoms with Gasteiger partial charge in [0.05, 0.1) is 14.2 Å². The molecule has 0 spiro atoms. The molecule has 1 aliphatic heterocycles. The first-order chi connectivity index (χ1) is 14.4. The van der Waals surface area contributed by atoms with Gasteiger partial charge < -0.3 is 19.7 Å². The first-order valence-corrected chi connectivity index (χ1v) is 11.2. The SMILES string of the molecule is COc1ccc(C23CCC(NC(=O)c4cccc(Br)c4)CC2CN(C)C3)cc1OC. The van der Waals surface area contributed by atoms with Crippen LogP contribution < -0.4 is 14.8 Å². The van der Waals surface area contributed by atoms with Crippen molar-refractivity contribution in [2.45, 2.75) is 30.7 Å². The molecule has 6 heteroatoms. The largest absolute Gasteiger partial charge is 0.493 e. The molecule has 5 nitrogen and oxygen atoms in total. The minimum atomic E-state index is 0.00580. The maximum Gasteiger partial charge on any atom is 0.251 e. The molecular formula is C24H29BrN2O3. The average Bonchev–Trinajstić information content (AvgIpc) is 3.09. The molecule has 160 valence electrons. The molecule has 3 atom stereocenters. The van der Waals surface area contributed by atoms with Crippen molar-refractivity contribution in [1.82, 2.24) is 10.2 Å². The van der Waals surface area contributed by atoms with Gasteiger partial charge in [-0.3, -0.25) is 4.79 Å². The molecule has 1 saturated heterocycles. The van der Waals surface area contributed by atoms with Crippen molar-refractivity contribution < 1.29 is 14.3 Å². The van der Waals surface area contributed by atoms with E-state index in [0.717, 1.165) is 48.3 Å². The fourth-order valence-electron chi connectivity index (χ4n) is 5.35. The van der Waals surface area contributed by atoms with E-state index in [1.165, 1.54) is 5.56 Å². The van der Waals surface area contributed by atoms with Gasteiger partial charge in [0, 0.05) is 34.6 Å². The number of methoxy groups -OCH3 is 2. The molecule has 2 fully saturated rings. The van der Waals surface area contributed by atoms with Crippen LogP contribution in [0.5, 0.6) is 11.5 Å². The summed E-state index contributed by atoms with van der Waals surface area (Å²) in [5, 5.41) is 3.28. The summed E-state index contributed by atoms with van der Waals surface area (Å²) in [7, 11) is 5.54. The predicted molar refractivity (Wildman–Crippen MR) is 121 cm³/mol. The number of fused-ring (bicyclic) bond motifs is 1. The molecule has 1 heterocycles. The summed E-state index contributed by atoms with van der Waals surface area (Å²) in [6, 6.07) is 14.1. The Morgan fingerprint density at radius 3 is 2.70 bits per heavy atom. The third-order valence-corrected chi connectivity index (χ3v) is 7.25. The van der Waals surface area contributed by atoms with Crippen molar-refractivity contribution >= 4 is 21.8 Å². The van der Waals surface area contributed by atoms with Gasteiger partial charge >= 0.3 is 0 Å². The summed E-state index contributed by atoms with van der Waals surface area (Å²) >= 11 is 3.45. The quantitative estimate of drug-likeness (QED) is 0.706. The van der Waals surface area contributed by atoms with E-state index in [4.69, 9.17) is 9.47 Å². The van der Waals surface area contributed by atoms with Crippen LogP contribution in [0, 0.1) is 5.92 Å². The summed E-state index contributed by atoms with van der Waals surface area (Å²) in [5.74, 6) is 2.03. The van der Waals surface area contributed by atoms with E-state index >= 15 is 0 Å². The third kappa shape index (κ3) is 3.95. The molecule has 4 rings (SSSR count). The molecule has 30 heavy (non-hydrogen) atoms. The molecule has 1 saturated carbocycles.